The number of benzene rings is 1. The lowest BCUT2D eigenvalue weighted by Crippen LogP contribution is -2.28. The Balaban J connectivity index is 2.77. The Bertz CT molecular complexity index is 454. The lowest BCUT2D eigenvalue weighted by molar-refractivity contribution is 0.597. The lowest BCUT2D eigenvalue weighted by Gasteiger charge is -2.17. The van der Waals surface area contributed by atoms with Crippen LogP contribution in [0.15, 0.2) is 29.2 Å². The van der Waals surface area contributed by atoms with Crippen LogP contribution in [0, 0.1) is 0 Å². The van der Waals surface area contributed by atoms with E-state index in [1.54, 1.807) is 31.2 Å². The van der Waals surface area contributed by atoms with Gasteiger partial charge in [0, 0.05) is 18.3 Å². The highest BCUT2D eigenvalue weighted by atomic mass is 32.2. The van der Waals surface area contributed by atoms with Gasteiger partial charge in [-0.05, 0) is 30.7 Å². The number of anilines is 1. The van der Waals surface area contributed by atoms with Gasteiger partial charge in [-0.3, -0.25) is 0 Å². The highest BCUT2D eigenvalue weighted by Crippen LogP contribution is 2.16. The summed E-state index contributed by atoms with van der Waals surface area (Å²) in [5.74, 6) is 0.126. The average molecular weight is 270 g/mol. The number of nitrogens with two attached hydrogens (primary N) is 1. The van der Waals surface area contributed by atoms with Crippen molar-refractivity contribution < 1.29 is 8.42 Å². The van der Waals surface area contributed by atoms with Crippen molar-refractivity contribution in [3.63, 3.8) is 0 Å². The van der Waals surface area contributed by atoms with Gasteiger partial charge < -0.3 is 11.1 Å². The van der Waals surface area contributed by atoms with E-state index in [0.29, 0.717) is 11.4 Å². The molecular formula is C13H22N2O2S. The summed E-state index contributed by atoms with van der Waals surface area (Å²) in [6.45, 7) is 4.33. The van der Waals surface area contributed by atoms with Crippen LogP contribution in [0.25, 0.3) is 0 Å². The van der Waals surface area contributed by atoms with E-state index in [0.717, 1.165) is 18.5 Å². The van der Waals surface area contributed by atoms with Gasteiger partial charge in [0.25, 0.3) is 0 Å². The van der Waals surface area contributed by atoms with Gasteiger partial charge in [0.1, 0.15) is 0 Å². The predicted molar refractivity (Wildman–Crippen MR) is 75.5 cm³/mol. The van der Waals surface area contributed by atoms with Gasteiger partial charge in [0.15, 0.2) is 9.84 Å². The zero-order valence-corrected chi connectivity index (χ0v) is 11.8. The maximum absolute atomic E-state index is 11.7. The lowest BCUT2D eigenvalue weighted by atomic mass is 10.1. The standard InChI is InChI=1S/C13H22N2O2S/c1-3-5-12(10-14)15-11-6-8-13(9-7-11)18(16,17)4-2/h6-9,12,15H,3-5,10,14H2,1-2H3. The second-order valence-electron chi connectivity index (χ2n) is 4.29. The van der Waals surface area contributed by atoms with E-state index in [4.69, 9.17) is 5.73 Å². The van der Waals surface area contributed by atoms with Crippen molar-refractivity contribution in [1.82, 2.24) is 0 Å². The van der Waals surface area contributed by atoms with E-state index in [1.165, 1.54) is 0 Å². The van der Waals surface area contributed by atoms with Crippen molar-refractivity contribution in [2.45, 2.75) is 37.6 Å². The third-order valence-electron chi connectivity index (χ3n) is 2.89. The van der Waals surface area contributed by atoms with Crippen LogP contribution in [0.1, 0.15) is 26.7 Å². The van der Waals surface area contributed by atoms with E-state index in [-0.39, 0.29) is 11.8 Å². The SMILES string of the molecule is CCCC(CN)Nc1ccc(S(=O)(=O)CC)cc1. The van der Waals surface area contributed by atoms with E-state index in [9.17, 15) is 8.42 Å². The maximum Gasteiger partial charge on any atom is 0.178 e. The smallest absolute Gasteiger partial charge is 0.178 e. The molecule has 0 aromatic heterocycles. The Morgan fingerprint density at radius 1 is 1.22 bits per heavy atom. The zero-order chi connectivity index (χ0) is 13.6. The van der Waals surface area contributed by atoms with E-state index < -0.39 is 9.84 Å². The summed E-state index contributed by atoms with van der Waals surface area (Å²) in [4.78, 5) is 0.371. The third-order valence-corrected chi connectivity index (χ3v) is 4.64. The molecule has 1 aromatic carbocycles. The van der Waals surface area contributed by atoms with Crippen LogP contribution in [-0.4, -0.2) is 26.8 Å². The topological polar surface area (TPSA) is 72.2 Å². The molecule has 0 aliphatic carbocycles. The van der Waals surface area contributed by atoms with E-state index in [1.807, 2.05) is 0 Å². The molecule has 0 amide bonds. The largest absolute Gasteiger partial charge is 0.381 e. The number of hydrogen-bond acceptors (Lipinski definition) is 4. The zero-order valence-electron chi connectivity index (χ0n) is 11.0. The average Bonchev–Trinajstić information content (AvgIpc) is 2.39. The van der Waals surface area contributed by atoms with Crippen molar-refractivity contribution in [1.29, 1.82) is 0 Å². The summed E-state index contributed by atoms with van der Waals surface area (Å²) >= 11 is 0. The van der Waals surface area contributed by atoms with Crippen molar-refractivity contribution >= 4 is 15.5 Å². The summed E-state index contributed by atoms with van der Waals surface area (Å²) in [5, 5.41) is 3.31. The molecule has 4 nitrogen and oxygen atoms in total. The number of sulfone groups is 1. The molecule has 1 atom stereocenters. The first-order valence-corrected chi connectivity index (χ1v) is 7.98. The highest BCUT2D eigenvalue weighted by molar-refractivity contribution is 7.91. The highest BCUT2D eigenvalue weighted by Gasteiger charge is 2.11. The van der Waals surface area contributed by atoms with Crippen molar-refractivity contribution in [2.24, 2.45) is 5.73 Å². The number of rotatable bonds is 7. The second-order valence-corrected chi connectivity index (χ2v) is 6.57. The first-order valence-electron chi connectivity index (χ1n) is 6.33. The normalized spacial score (nSPS) is 13.3. The van der Waals surface area contributed by atoms with Gasteiger partial charge in [-0.25, -0.2) is 8.42 Å². The molecule has 102 valence electrons. The molecule has 5 heteroatoms. The van der Waals surface area contributed by atoms with E-state index in [2.05, 4.69) is 12.2 Å². The van der Waals surface area contributed by atoms with Crippen LogP contribution in [0.3, 0.4) is 0 Å². The van der Waals surface area contributed by atoms with Crippen LogP contribution < -0.4 is 11.1 Å². The molecule has 1 aromatic rings. The minimum atomic E-state index is -3.11. The fourth-order valence-electron chi connectivity index (χ4n) is 1.76. The molecule has 0 fully saturated rings. The van der Waals surface area contributed by atoms with Gasteiger partial charge in [0.05, 0.1) is 10.6 Å². The van der Waals surface area contributed by atoms with Gasteiger partial charge in [0.2, 0.25) is 0 Å². The van der Waals surface area contributed by atoms with Gasteiger partial charge in [-0.15, -0.1) is 0 Å². The molecule has 0 saturated carbocycles. The van der Waals surface area contributed by atoms with Gasteiger partial charge in [-0.2, -0.15) is 0 Å². The molecule has 0 aliphatic rings. The Labute approximate surface area is 110 Å². The molecule has 0 radical (unpaired) electrons. The van der Waals surface area contributed by atoms with Crippen LogP contribution >= 0.6 is 0 Å². The van der Waals surface area contributed by atoms with Crippen LogP contribution in [0.2, 0.25) is 0 Å². The summed E-state index contributed by atoms with van der Waals surface area (Å²) < 4.78 is 23.3. The minimum Gasteiger partial charge on any atom is -0.381 e. The molecule has 18 heavy (non-hydrogen) atoms. The molecule has 0 heterocycles. The molecule has 0 saturated heterocycles. The summed E-state index contributed by atoms with van der Waals surface area (Å²) in [6, 6.07) is 7.10. The van der Waals surface area contributed by atoms with Crippen molar-refractivity contribution in [3.05, 3.63) is 24.3 Å². The minimum absolute atomic E-state index is 0.126. The molecule has 0 aliphatic heterocycles. The Hall–Kier alpha value is -1.07. The molecule has 1 rings (SSSR count). The van der Waals surface area contributed by atoms with Crippen LogP contribution in [-0.2, 0) is 9.84 Å². The molecule has 0 spiro atoms. The second kappa shape index (κ2) is 6.75. The van der Waals surface area contributed by atoms with E-state index >= 15 is 0 Å². The van der Waals surface area contributed by atoms with Crippen molar-refractivity contribution in [2.75, 3.05) is 17.6 Å². The van der Waals surface area contributed by atoms with Gasteiger partial charge >= 0.3 is 0 Å². The predicted octanol–water partition coefficient (Wildman–Crippen LogP) is 2.02. The molecule has 3 N–H and O–H groups in total. The summed E-state index contributed by atoms with van der Waals surface area (Å²) in [6.07, 6.45) is 2.07. The number of nitrogens with one attached hydrogen (secondary N) is 1. The van der Waals surface area contributed by atoms with Crippen molar-refractivity contribution in [3.8, 4) is 0 Å². The monoisotopic (exact) mass is 270 g/mol. The molecule has 0 bridgehead atoms. The Kier molecular flexibility index (Phi) is 5.62. The maximum atomic E-state index is 11.7. The van der Waals surface area contributed by atoms with Crippen LogP contribution in [0.4, 0.5) is 5.69 Å². The van der Waals surface area contributed by atoms with Gasteiger partial charge in [-0.1, -0.05) is 20.3 Å². The van der Waals surface area contributed by atoms with Crippen LogP contribution in [0.5, 0.6) is 0 Å². The molecule has 1 unspecified atom stereocenters. The Morgan fingerprint density at radius 2 is 1.83 bits per heavy atom. The Morgan fingerprint density at radius 3 is 2.28 bits per heavy atom. The number of hydrogen-bond donors (Lipinski definition) is 2. The first kappa shape index (κ1) is 15.0. The first-order chi connectivity index (χ1) is 8.53. The summed E-state index contributed by atoms with van der Waals surface area (Å²) in [5.41, 5.74) is 6.58. The quantitative estimate of drug-likeness (QED) is 0.795. The fourth-order valence-corrected chi connectivity index (χ4v) is 2.64. The summed E-state index contributed by atoms with van der Waals surface area (Å²) in [7, 11) is -3.11. The third kappa shape index (κ3) is 3.99. The molecular weight excluding hydrogens is 248 g/mol. The fraction of sp³-hybridized carbons (Fsp3) is 0.538.